The van der Waals surface area contributed by atoms with Crippen LogP contribution in [0.5, 0.6) is 5.75 Å². The number of benzene rings is 2. The van der Waals surface area contributed by atoms with Crippen LogP contribution in [0.25, 0.3) is 10.4 Å². The molecule has 0 aromatic heterocycles. The minimum absolute atomic E-state index is 0.0461. The number of aromatic hydroxyl groups is 1. The molecule has 0 saturated carbocycles. The number of nitrogens with one attached hydrogen (secondary N) is 2. The molecule has 46 heavy (non-hydrogen) atoms. The predicted molar refractivity (Wildman–Crippen MR) is 167 cm³/mol. The van der Waals surface area contributed by atoms with Crippen molar-refractivity contribution < 1.29 is 43.7 Å². The molecule has 0 radical (unpaired) electrons. The smallest absolute Gasteiger partial charge is 0.305 e. The summed E-state index contributed by atoms with van der Waals surface area (Å²) in [5.74, 6) is -4.18. The third-order valence-corrected chi connectivity index (χ3v) is 6.85. The van der Waals surface area contributed by atoms with E-state index in [9.17, 15) is 34.2 Å². The minimum atomic E-state index is -1.31. The SMILES string of the molecule is CC(=O)N[C@@H](Cc1ccc(O)cc1)C(=O)C[C@H](Cc1ccccc1)C(=O)N[C@@H](CC(=O)O)C(=O)CCCOCCOCCN=[N+]=[N-]. The number of ketones is 2. The molecule has 0 aliphatic carbocycles. The Balaban J connectivity index is 2.08. The van der Waals surface area contributed by atoms with Crippen LogP contribution in [0.3, 0.4) is 0 Å². The molecule has 0 aliphatic rings. The highest BCUT2D eigenvalue weighted by Gasteiger charge is 2.31. The number of phenols is 1. The van der Waals surface area contributed by atoms with E-state index < -0.39 is 53.8 Å². The van der Waals surface area contributed by atoms with E-state index in [-0.39, 0.29) is 70.8 Å². The van der Waals surface area contributed by atoms with Crippen LogP contribution in [-0.2, 0) is 46.3 Å². The number of hydrogen-bond acceptors (Lipinski definition) is 9. The highest BCUT2D eigenvalue weighted by atomic mass is 16.5. The Bertz CT molecular complexity index is 1330. The Labute approximate surface area is 267 Å². The number of carbonyl (C=O) groups excluding carboxylic acids is 4. The second-order valence-corrected chi connectivity index (χ2v) is 10.6. The van der Waals surface area contributed by atoms with Crippen molar-refractivity contribution >= 4 is 29.4 Å². The number of nitrogens with zero attached hydrogens (tertiary/aromatic N) is 3. The van der Waals surface area contributed by atoms with E-state index in [2.05, 4.69) is 20.7 Å². The summed E-state index contributed by atoms with van der Waals surface area (Å²) in [6, 6.07) is 12.9. The van der Waals surface area contributed by atoms with Crippen LogP contribution in [0.15, 0.2) is 59.7 Å². The van der Waals surface area contributed by atoms with E-state index >= 15 is 0 Å². The van der Waals surface area contributed by atoms with Gasteiger partial charge in [-0.05, 0) is 48.1 Å². The Hall–Kier alpha value is -4.78. The van der Waals surface area contributed by atoms with Crippen LogP contribution in [0.1, 0.15) is 43.7 Å². The molecule has 0 aliphatic heterocycles. The summed E-state index contributed by atoms with van der Waals surface area (Å²) in [6.45, 7) is 2.47. The summed E-state index contributed by atoms with van der Waals surface area (Å²) < 4.78 is 10.6. The third-order valence-electron chi connectivity index (χ3n) is 6.85. The molecule has 0 unspecified atom stereocenters. The topological polar surface area (TPSA) is 217 Å². The molecule has 4 N–H and O–H groups in total. The lowest BCUT2D eigenvalue weighted by atomic mass is 9.89. The lowest BCUT2D eigenvalue weighted by Crippen LogP contribution is -2.47. The molecule has 0 bridgehead atoms. The fourth-order valence-corrected chi connectivity index (χ4v) is 4.60. The van der Waals surface area contributed by atoms with Crippen LogP contribution in [0.2, 0.25) is 0 Å². The van der Waals surface area contributed by atoms with Crippen molar-refractivity contribution in [2.75, 3.05) is 33.0 Å². The molecule has 0 fully saturated rings. The van der Waals surface area contributed by atoms with Gasteiger partial charge in [0, 0.05) is 43.7 Å². The zero-order chi connectivity index (χ0) is 33.7. The normalized spacial score (nSPS) is 12.6. The molecule has 2 aromatic rings. The highest BCUT2D eigenvalue weighted by molar-refractivity contribution is 5.95. The van der Waals surface area contributed by atoms with Gasteiger partial charge in [0.1, 0.15) is 5.75 Å². The van der Waals surface area contributed by atoms with Crippen molar-refractivity contribution in [3.05, 3.63) is 76.2 Å². The summed E-state index contributed by atoms with van der Waals surface area (Å²) in [7, 11) is 0. The van der Waals surface area contributed by atoms with E-state index in [1.807, 2.05) is 0 Å². The van der Waals surface area contributed by atoms with E-state index in [0.29, 0.717) is 5.56 Å². The molecule has 3 atom stereocenters. The van der Waals surface area contributed by atoms with Crippen molar-refractivity contribution in [3.63, 3.8) is 0 Å². The number of aliphatic carboxylic acids is 1. The van der Waals surface area contributed by atoms with Crippen molar-refractivity contribution in [1.82, 2.24) is 10.6 Å². The van der Waals surface area contributed by atoms with Gasteiger partial charge in [0.05, 0.1) is 38.3 Å². The van der Waals surface area contributed by atoms with Crippen LogP contribution in [0, 0.1) is 5.92 Å². The zero-order valence-corrected chi connectivity index (χ0v) is 25.8. The van der Waals surface area contributed by atoms with Crippen LogP contribution < -0.4 is 10.6 Å². The molecule has 2 rings (SSSR count). The molecule has 2 aromatic carbocycles. The van der Waals surface area contributed by atoms with Crippen molar-refractivity contribution in [2.45, 2.75) is 57.5 Å². The fraction of sp³-hybridized carbons (Fsp3) is 0.469. The van der Waals surface area contributed by atoms with Crippen LogP contribution in [-0.4, -0.2) is 84.6 Å². The van der Waals surface area contributed by atoms with Gasteiger partial charge in [0.15, 0.2) is 11.6 Å². The standard InChI is InChI=1S/C32H41N5O9/c1-22(38)35-27(19-24-9-11-26(39)12-10-24)30(41)20-25(18-23-6-3-2-4-7-23)32(44)36-28(21-31(42)43)29(40)8-5-14-45-16-17-46-15-13-34-37-33/h2-4,6-7,9-12,25,27-28,39H,5,8,13-21H2,1H3,(H,35,38)(H,36,44)(H,42,43)/t25-,27-,28-/m0/s1. The number of azide groups is 1. The van der Waals surface area contributed by atoms with Gasteiger partial charge in [-0.1, -0.05) is 47.6 Å². The lowest BCUT2D eigenvalue weighted by molar-refractivity contribution is -0.141. The zero-order valence-electron chi connectivity index (χ0n) is 25.8. The number of carboxylic acid groups (broad SMARTS) is 1. The first-order chi connectivity index (χ1) is 22.1. The molecule has 2 amide bonds. The molecule has 0 saturated heterocycles. The lowest BCUT2D eigenvalue weighted by Gasteiger charge is -2.23. The van der Waals surface area contributed by atoms with Crippen molar-refractivity contribution in [1.29, 1.82) is 0 Å². The first-order valence-corrected chi connectivity index (χ1v) is 14.9. The third kappa shape index (κ3) is 15.3. The van der Waals surface area contributed by atoms with E-state index in [1.165, 1.54) is 19.1 Å². The molecular formula is C32H41N5O9. The second kappa shape index (κ2) is 21.0. The Morgan fingerprint density at radius 1 is 0.826 bits per heavy atom. The number of phenolic OH excluding ortho intramolecular Hbond substituents is 1. The average molecular weight is 640 g/mol. The van der Waals surface area contributed by atoms with Crippen molar-refractivity contribution in [2.24, 2.45) is 11.0 Å². The number of ether oxygens (including phenoxy) is 2. The predicted octanol–water partition coefficient (Wildman–Crippen LogP) is 2.91. The van der Waals surface area contributed by atoms with Gasteiger partial charge in [0.2, 0.25) is 11.8 Å². The first kappa shape index (κ1) is 37.4. The number of rotatable bonds is 23. The maximum absolute atomic E-state index is 13.6. The highest BCUT2D eigenvalue weighted by Crippen LogP contribution is 2.18. The second-order valence-electron chi connectivity index (χ2n) is 10.6. The van der Waals surface area contributed by atoms with Gasteiger partial charge in [-0.25, -0.2) is 0 Å². The Morgan fingerprint density at radius 3 is 2.11 bits per heavy atom. The fourth-order valence-electron chi connectivity index (χ4n) is 4.60. The first-order valence-electron chi connectivity index (χ1n) is 14.9. The molecule has 248 valence electrons. The molecule has 0 spiro atoms. The minimum Gasteiger partial charge on any atom is -0.508 e. The number of Topliss-reactive ketones (excluding diaryl/α,β-unsaturated/α-hetero) is 2. The molecular weight excluding hydrogens is 598 g/mol. The van der Waals surface area contributed by atoms with Crippen LogP contribution in [0.4, 0.5) is 0 Å². The van der Waals surface area contributed by atoms with Gasteiger partial charge >= 0.3 is 5.97 Å². The maximum Gasteiger partial charge on any atom is 0.305 e. The average Bonchev–Trinajstić information content (AvgIpc) is 3.02. The number of carboxylic acids is 1. The maximum atomic E-state index is 13.6. The van der Waals surface area contributed by atoms with Gasteiger partial charge in [-0.2, -0.15) is 0 Å². The monoisotopic (exact) mass is 639 g/mol. The molecule has 0 heterocycles. The summed E-state index contributed by atoms with van der Waals surface area (Å²) in [6.07, 6.45) is -0.414. The van der Waals surface area contributed by atoms with Gasteiger partial charge in [0.25, 0.3) is 0 Å². The number of amides is 2. The Morgan fingerprint density at radius 2 is 1.48 bits per heavy atom. The van der Waals surface area contributed by atoms with E-state index in [1.54, 1.807) is 42.5 Å². The molecule has 14 heteroatoms. The Kier molecular flexibility index (Phi) is 17.1. The van der Waals surface area contributed by atoms with E-state index in [4.69, 9.17) is 15.0 Å². The summed E-state index contributed by atoms with van der Waals surface area (Å²) in [5.41, 5.74) is 9.67. The van der Waals surface area contributed by atoms with Crippen molar-refractivity contribution in [3.8, 4) is 5.75 Å². The quantitative estimate of drug-likeness (QED) is 0.0607. The van der Waals surface area contributed by atoms with E-state index in [0.717, 1.165) is 5.56 Å². The van der Waals surface area contributed by atoms with Crippen LogP contribution >= 0.6 is 0 Å². The number of carbonyl (C=O) groups is 5. The molecule has 14 nitrogen and oxygen atoms in total. The van der Waals surface area contributed by atoms with Gasteiger partial charge < -0.3 is 30.3 Å². The summed E-state index contributed by atoms with van der Waals surface area (Å²) in [5, 5.41) is 27.6. The van der Waals surface area contributed by atoms with Gasteiger partial charge in [-0.3, -0.25) is 24.0 Å². The van der Waals surface area contributed by atoms with Gasteiger partial charge in [-0.15, -0.1) is 0 Å². The largest absolute Gasteiger partial charge is 0.508 e. The number of hydrogen-bond donors (Lipinski definition) is 4. The summed E-state index contributed by atoms with van der Waals surface area (Å²) in [4.78, 5) is 66.2. The summed E-state index contributed by atoms with van der Waals surface area (Å²) >= 11 is 0.